The van der Waals surface area contributed by atoms with Gasteiger partial charge in [0.2, 0.25) is 0 Å². The molecule has 0 spiro atoms. The van der Waals surface area contributed by atoms with Gasteiger partial charge in [-0.25, -0.2) is 4.79 Å². The average molecular weight is 451 g/mol. The highest BCUT2D eigenvalue weighted by molar-refractivity contribution is 5.79. The summed E-state index contributed by atoms with van der Waals surface area (Å²) in [5.41, 5.74) is 4.73. The lowest BCUT2D eigenvalue weighted by molar-refractivity contribution is -0.142. The molecule has 176 valence electrons. The number of rotatable bonds is 10. The Kier molecular flexibility index (Phi) is 7.65. The first kappa shape index (κ1) is 23.3. The van der Waals surface area contributed by atoms with E-state index in [1.165, 1.54) is 41.5 Å². The molecule has 2 aliphatic rings. The lowest BCUT2D eigenvalue weighted by Crippen LogP contribution is -2.38. The molecule has 0 unspecified atom stereocenters. The maximum absolute atomic E-state index is 12.6. The summed E-state index contributed by atoms with van der Waals surface area (Å²) < 4.78 is 5.64. The van der Waals surface area contributed by atoms with E-state index in [1.807, 2.05) is 29.2 Å². The monoisotopic (exact) mass is 450 g/mol. The van der Waals surface area contributed by atoms with Crippen molar-refractivity contribution in [2.45, 2.75) is 63.5 Å². The predicted octanol–water partition coefficient (Wildman–Crippen LogP) is 5.02. The number of ether oxygens (including phenoxy) is 1. The van der Waals surface area contributed by atoms with E-state index < -0.39 is 18.1 Å². The molecule has 1 amide bonds. The van der Waals surface area contributed by atoms with Crippen molar-refractivity contribution in [2.24, 2.45) is 0 Å². The zero-order valence-electron chi connectivity index (χ0n) is 19.3. The van der Waals surface area contributed by atoms with Gasteiger partial charge in [-0.05, 0) is 41.6 Å². The summed E-state index contributed by atoms with van der Waals surface area (Å²) in [5.74, 6) is -0.807. The number of amides is 1. The van der Waals surface area contributed by atoms with Crippen LogP contribution in [0.15, 0.2) is 48.5 Å². The second-order valence-corrected chi connectivity index (χ2v) is 9.17. The third-order valence-electron chi connectivity index (χ3n) is 6.90. The molecular weight excluding hydrogens is 416 g/mol. The summed E-state index contributed by atoms with van der Waals surface area (Å²) in [5, 5.41) is 12.5. The van der Waals surface area contributed by atoms with Crippen molar-refractivity contribution in [3.05, 3.63) is 59.7 Å². The standard InChI is InChI=1S/C27H34N2O4/c1-2-3-4-5-10-15-29-17-19(16-25(29)26(30)31)28-27(32)33-18-24-22-13-8-6-11-20(22)21-12-7-9-14-23(21)24/h6-9,11-14,19,24-25H,2-5,10,15-18H2,1H3,(H,28,32)(H,30,31)/t19-,25-/m0/s1. The van der Waals surface area contributed by atoms with Crippen LogP contribution in [0.5, 0.6) is 0 Å². The molecule has 1 heterocycles. The highest BCUT2D eigenvalue weighted by Crippen LogP contribution is 2.44. The number of nitrogens with one attached hydrogen (secondary N) is 1. The summed E-state index contributed by atoms with van der Waals surface area (Å²) in [4.78, 5) is 26.3. The molecular formula is C27H34N2O4. The molecule has 33 heavy (non-hydrogen) atoms. The van der Waals surface area contributed by atoms with Crippen LogP contribution in [0.2, 0.25) is 0 Å². The number of carbonyl (C=O) groups excluding carboxylic acids is 1. The number of carbonyl (C=O) groups is 2. The lowest BCUT2D eigenvalue weighted by Gasteiger charge is -2.20. The van der Waals surface area contributed by atoms with E-state index in [-0.39, 0.29) is 18.6 Å². The molecule has 2 atom stereocenters. The summed E-state index contributed by atoms with van der Waals surface area (Å²) in [6.45, 7) is 3.75. The number of hydrogen-bond donors (Lipinski definition) is 2. The summed E-state index contributed by atoms with van der Waals surface area (Å²) in [6.07, 6.45) is 5.62. The zero-order valence-corrected chi connectivity index (χ0v) is 19.3. The van der Waals surface area contributed by atoms with Gasteiger partial charge in [0, 0.05) is 18.5 Å². The molecule has 2 aromatic carbocycles. The minimum absolute atomic E-state index is 0.0121. The topological polar surface area (TPSA) is 78.9 Å². The molecule has 0 aromatic heterocycles. The van der Waals surface area contributed by atoms with E-state index in [0.29, 0.717) is 13.0 Å². The molecule has 2 aromatic rings. The van der Waals surface area contributed by atoms with Crippen molar-refractivity contribution in [3.63, 3.8) is 0 Å². The van der Waals surface area contributed by atoms with Crippen LogP contribution in [0, 0.1) is 0 Å². The Labute approximate surface area is 195 Å². The van der Waals surface area contributed by atoms with Crippen molar-refractivity contribution in [1.82, 2.24) is 10.2 Å². The maximum atomic E-state index is 12.6. The van der Waals surface area contributed by atoms with Gasteiger partial charge in [-0.2, -0.15) is 0 Å². The van der Waals surface area contributed by atoms with E-state index in [4.69, 9.17) is 4.74 Å². The molecule has 1 fully saturated rings. The fraction of sp³-hybridized carbons (Fsp3) is 0.481. The number of aliphatic carboxylic acids is 1. The van der Waals surface area contributed by atoms with Gasteiger partial charge in [0.05, 0.1) is 0 Å². The zero-order chi connectivity index (χ0) is 23.2. The summed E-state index contributed by atoms with van der Waals surface area (Å²) >= 11 is 0. The van der Waals surface area contributed by atoms with Crippen LogP contribution in [-0.4, -0.2) is 53.8 Å². The number of carboxylic acid groups (broad SMARTS) is 1. The van der Waals surface area contributed by atoms with Gasteiger partial charge in [-0.1, -0.05) is 81.1 Å². The second-order valence-electron chi connectivity index (χ2n) is 9.17. The SMILES string of the molecule is CCCCCCCN1C[C@@H](NC(=O)OCC2c3ccccc3-c3ccccc32)C[C@H]1C(=O)O. The first-order valence-electron chi connectivity index (χ1n) is 12.2. The van der Waals surface area contributed by atoms with Gasteiger partial charge in [0.25, 0.3) is 0 Å². The quantitative estimate of drug-likeness (QED) is 0.497. The van der Waals surface area contributed by atoms with Crippen molar-refractivity contribution >= 4 is 12.1 Å². The molecule has 0 bridgehead atoms. The first-order valence-corrected chi connectivity index (χ1v) is 12.2. The third-order valence-corrected chi connectivity index (χ3v) is 6.90. The summed E-state index contributed by atoms with van der Waals surface area (Å²) in [6, 6.07) is 15.7. The third kappa shape index (κ3) is 5.38. The lowest BCUT2D eigenvalue weighted by atomic mass is 9.98. The number of likely N-dealkylation sites (tertiary alicyclic amines) is 1. The number of fused-ring (bicyclic) bond motifs is 3. The van der Waals surface area contributed by atoms with Crippen molar-refractivity contribution < 1.29 is 19.4 Å². The van der Waals surface area contributed by atoms with Gasteiger partial charge >= 0.3 is 12.1 Å². The molecule has 6 heteroatoms. The van der Waals surface area contributed by atoms with Crippen molar-refractivity contribution in [3.8, 4) is 11.1 Å². The number of alkyl carbamates (subject to hydrolysis) is 1. The Morgan fingerprint density at radius 3 is 2.27 bits per heavy atom. The predicted molar refractivity (Wildman–Crippen MR) is 128 cm³/mol. The van der Waals surface area contributed by atoms with E-state index in [1.54, 1.807) is 0 Å². The van der Waals surface area contributed by atoms with Crippen LogP contribution >= 0.6 is 0 Å². The van der Waals surface area contributed by atoms with Crippen LogP contribution in [0.1, 0.15) is 62.5 Å². The Morgan fingerprint density at radius 2 is 1.64 bits per heavy atom. The van der Waals surface area contributed by atoms with Gasteiger partial charge in [0.1, 0.15) is 12.6 Å². The average Bonchev–Trinajstić information content (AvgIpc) is 3.36. The molecule has 1 aliphatic carbocycles. The molecule has 1 saturated heterocycles. The van der Waals surface area contributed by atoms with Crippen LogP contribution in [0.25, 0.3) is 11.1 Å². The van der Waals surface area contributed by atoms with Gasteiger partial charge in [0.15, 0.2) is 0 Å². The molecule has 2 N–H and O–H groups in total. The van der Waals surface area contributed by atoms with Gasteiger partial charge in [-0.3, -0.25) is 9.69 Å². The number of carboxylic acids is 1. The Hall–Kier alpha value is -2.86. The number of benzene rings is 2. The summed E-state index contributed by atoms with van der Waals surface area (Å²) in [7, 11) is 0. The van der Waals surface area contributed by atoms with Crippen LogP contribution in [-0.2, 0) is 9.53 Å². The van der Waals surface area contributed by atoms with Crippen LogP contribution in [0.3, 0.4) is 0 Å². The van der Waals surface area contributed by atoms with Crippen molar-refractivity contribution in [1.29, 1.82) is 0 Å². The van der Waals surface area contributed by atoms with Gasteiger partial charge in [-0.15, -0.1) is 0 Å². The minimum Gasteiger partial charge on any atom is -0.480 e. The minimum atomic E-state index is -0.819. The highest BCUT2D eigenvalue weighted by atomic mass is 16.5. The van der Waals surface area contributed by atoms with Gasteiger partial charge < -0.3 is 15.2 Å². The molecule has 0 saturated carbocycles. The van der Waals surface area contributed by atoms with E-state index in [9.17, 15) is 14.7 Å². The molecule has 0 radical (unpaired) electrons. The first-order chi connectivity index (χ1) is 16.1. The highest BCUT2D eigenvalue weighted by Gasteiger charge is 2.37. The maximum Gasteiger partial charge on any atom is 0.407 e. The fourth-order valence-electron chi connectivity index (χ4n) is 5.24. The van der Waals surface area contributed by atoms with E-state index >= 15 is 0 Å². The number of nitrogens with zero attached hydrogens (tertiary/aromatic N) is 1. The molecule has 4 rings (SSSR count). The van der Waals surface area contributed by atoms with Crippen molar-refractivity contribution in [2.75, 3.05) is 19.7 Å². The van der Waals surface area contributed by atoms with E-state index in [2.05, 4.69) is 36.5 Å². The molecule has 1 aliphatic heterocycles. The molecule has 6 nitrogen and oxygen atoms in total. The Bertz CT molecular complexity index is 931. The number of hydrogen-bond acceptors (Lipinski definition) is 4. The number of unbranched alkanes of at least 4 members (excludes halogenated alkanes) is 4. The second kappa shape index (κ2) is 10.8. The van der Waals surface area contributed by atoms with Crippen LogP contribution < -0.4 is 5.32 Å². The smallest absolute Gasteiger partial charge is 0.407 e. The Balaban J connectivity index is 1.31. The fourth-order valence-corrected chi connectivity index (χ4v) is 5.24. The van der Waals surface area contributed by atoms with E-state index in [0.717, 1.165) is 19.4 Å². The Morgan fingerprint density at radius 1 is 1.00 bits per heavy atom. The van der Waals surface area contributed by atoms with Crippen LogP contribution in [0.4, 0.5) is 4.79 Å². The normalized spacial score (nSPS) is 19.8. The largest absolute Gasteiger partial charge is 0.480 e.